The summed E-state index contributed by atoms with van der Waals surface area (Å²) in [5.74, 6) is 0.345. The summed E-state index contributed by atoms with van der Waals surface area (Å²) in [7, 11) is 0. The van der Waals surface area contributed by atoms with E-state index >= 15 is 0 Å². The third-order valence-corrected chi connectivity index (χ3v) is 15.9. The Labute approximate surface area is 512 Å². The van der Waals surface area contributed by atoms with E-state index in [1.807, 2.05) is 170 Å². The minimum Gasteiger partial charge on any atom is -0.475 e. The molecule has 4 heterocycles. The Balaban J connectivity index is 0.000000236. The zero-order valence-electron chi connectivity index (χ0n) is 52.6. The molecule has 0 radical (unpaired) electrons. The normalized spacial score (nSPS) is 20.1. The van der Waals surface area contributed by atoms with Gasteiger partial charge in [-0.25, -0.2) is 14.4 Å². The first-order chi connectivity index (χ1) is 41.2. The number of ketones is 1. The second-order valence-corrected chi connectivity index (χ2v) is 25.6. The van der Waals surface area contributed by atoms with E-state index in [1.165, 1.54) is 0 Å². The number of carbonyl (C=O) groups excluding carboxylic acids is 7. The van der Waals surface area contributed by atoms with Crippen molar-refractivity contribution < 1.29 is 57.2 Å². The van der Waals surface area contributed by atoms with Gasteiger partial charge in [0.15, 0.2) is 11.4 Å². The number of likely N-dealkylation sites (tertiary alicyclic amines) is 2. The predicted octanol–water partition coefficient (Wildman–Crippen LogP) is 11.9. The molecule has 18 heteroatoms. The highest BCUT2D eigenvalue weighted by atomic mass is 16.6. The van der Waals surface area contributed by atoms with Crippen LogP contribution in [0.4, 0.5) is 20.1 Å². The minimum absolute atomic E-state index is 0.0446. The molecule has 0 bridgehead atoms. The van der Waals surface area contributed by atoms with E-state index in [9.17, 15) is 33.6 Å². The molecule has 18 nitrogen and oxygen atoms in total. The van der Waals surface area contributed by atoms with Crippen LogP contribution in [-0.2, 0) is 48.0 Å². The lowest BCUT2D eigenvalue weighted by Gasteiger charge is -2.42. The molecule has 0 aliphatic carbocycles. The van der Waals surface area contributed by atoms with Gasteiger partial charge in [-0.2, -0.15) is 0 Å². The van der Waals surface area contributed by atoms with Crippen molar-refractivity contribution in [2.45, 2.75) is 168 Å². The Morgan fingerprint density at radius 1 is 0.621 bits per heavy atom. The topological polar surface area (TPSA) is 194 Å². The Bertz CT molecular complexity index is 3270. The first kappa shape index (κ1) is 64.6. The van der Waals surface area contributed by atoms with Gasteiger partial charge in [0.25, 0.3) is 17.7 Å². The number of amides is 6. The number of nitrogens with one attached hydrogen (secondary N) is 1. The molecule has 0 aromatic heterocycles. The number of alkyl carbamates (subject to hydrolysis) is 1. The van der Waals surface area contributed by atoms with Gasteiger partial charge in [-0.3, -0.25) is 19.2 Å². The van der Waals surface area contributed by atoms with Gasteiger partial charge >= 0.3 is 18.3 Å². The highest BCUT2D eigenvalue weighted by molar-refractivity contribution is 6.05. The van der Waals surface area contributed by atoms with Gasteiger partial charge in [0.05, 0.1) is 17.8 Å². The number of carbonyl (C=O) groups is 7. The number of anilines is 1. The number of piperidine rings is 2. The molecule has 4 aliphatic rings. The number of benzene rings is 5. The second-order valence-electron chi connectivity index (χ2n) is 25.6. The van der Waals surface area contributed by atoms with Crippen molar-refractivity contribution in [3.8, 4) is 11.5 Å². The summed E-state index contributed by atoms with van der Waals surface area (Å²) >= 11 is 0. The van der Waals surface area contributed by atoms with Gasteiger partial charge in [0.2, 0.25) is 5.60 Å². The Hall–Kier alpha value is -8.41. The van der Waals surface area contributed by atoms with Gasteiger partial charge in [0, 0.05) is 85.6 Å². The maximum absolute atomic E-state index is 14.3. The molecule has 4 atom stereocenters. The van der Waals surface area contributed by atoms with Crippen LogP contribution >= 0.6 is 0 Å². The fraction of sp³-hybridized carbons (Fsp3) is 0.464. The van der Waals surface area contributed by atoms with E-state index in [2.05, 4.69) is 5.32 Å². The third-order valence-electron chi connectivity index (χ3n) is 15.9. The number of ether oxygens (including phenoxy) is 5. The predicted molar refractivity (Wildman–Crippen MR) is 332 cm³/mol. The van der Waals surface area contributed by atoms with Crippen LogP contribution in [-0.4, -0.2) is 136 Å². The number of nitrogens with zero attached hydrogens (tertiary/aromatic N) is 5. The molecule has 464 valence electrons. The first-order valence-electron chi connectivity index (χ1n) is 30.3. The molecule has 6 amide bonds. The van der Waals surface area contributed by atoms with Crippen LogP contribution in [0.2, 0.25) is 0 Å². The van der Waals surface area contributed by atoms with E-state index in [0.29, 0.717) is 65.6 Å². The molecule has 87 heavy (non-hydrogen) atoms. The van der Waals surface area contributed by atoms with Crippen molar-refractivity contribution in [2.24, 2.45) is 0 Å². The number of hydrogen-bond donors (Lipinski definition) is 1. The smallest absolute Gasteiger partial charge is 0.410 e. The Kier molecular flexibility index (Phi) is 20.1. The SMILES string of the molecule is CC(C)N(C(=O)c1ccc2c(c1)CC(=O)[C@](C)(c1ccccc1)O2)[C@@H]1CCCN(C(=O)OC(C)(C)C)C1.CC(C)N(C(=O)c1ccc2c(c1)N(CCNC(=O)OCc1ccccc1)C(=O)[C@](C)(c1ccccc1)O2)[C@@H]1CCCN(C(=O)OC(C)(C)C)C1. The summed E-state index contributed by atoms with van der Waals surface area (Å²) in [6.07, 6.45) is 1.93. The zero-order chi connectivity index (χ0) is 63.0. The largest absolute Gasteiger partial charge is 0.475 e. The molecule has 0 spiro atoms. The van der Waals surface area contributed by atoms with Crippen LogP contribution in [0.15, 0.2) is 127 Å². The number of Topliss-reactive ketones (excluding diaryl/α,β-unsaturated/α-hetero) is 1. The molecule has 1 N–H and O–H groups in total. The average molecular weight is 1190 g/mol. The lowest BCUT2D eigenvalue weighted by Crippen LogP contribution is -2.55. The lowest BCUT2D eigenvalue weighted by molar-refractivity contribution is -0.135. The molecule has 2 fully saturated rings. The van der Waals surface area contributed by atoms with Crippen LogP contribution in [0.3, 0.4) is 0 Å². The van der Waals surface area contributed by atoms with Gasteiger partial charge in [0.1, 0.15) is 29.3 Å². The Morgan fingerprint density at radius 3 is 1.57 bits per heavy atom. The van der Waals surface area contributed by atoms with Crippen LogP contribution < -0.4 is 19.7 Å². The van der Waals surface area contributed by atoms with E-state index in [4.69, 9.17) is 23.7 Å². The number of rotatable bonds is 13. The standard InChI is InChI=1S/C39H48N4O7.C30H38N2O5/c1-27(2)43(31-18-13-22-41(25-31)37(47)50-38(3,4)5)34(44)29-19-20-33-32(24-29)42(35(45)39(6,49-33)30-16-11-8-12-17-30)23-21-40-36(46)48-26-28-14-9-7-10-15-28;1-20(2)32(24-13-10-16-31(19-24)28(35)37-29(3,4)5)27(34)21-14-15-25-22(17-21)18-26(33)30(6,36-25)23-11-8-7-9-12-23/h7-12,14-17,19-20,24,27,31H,13,18,21-23,25-26H2,1-6H3,(H,40,46);7-9,11-12,14-15,17,20,24H,10,13,16,18-19H2,1-6H3/t31-,39+;24-,30+/m11/s1. The number of hydrogen-bond acceptors (Lipinski definition) is 12. The van der Waals surface area contributed by atoms with Gasteiger partial charge in [-0.15, -0.1) is 0 Å². The van der Waals surface area contributed by atoms with Crippen LogP contribution in [0.25, 0.3) is 0 Å². The Morgan fingerprint density at radius 2 is 1.08 bits per heavy atom. The van der Waals surface area contributed by atoms with Gasteiger partial charge < -0.3 is 53.5 Å². The average Bonchev–Trinajstić information content (AvgIpc) is 0.919. The maximum atomic E-state index is 14.3. The van der Waals surface area contributed by atoms with Crippen LogP contribution in [0.1, 0.15) is 152 Å². The van der Waals surface area contributed by atoms with Crippen LogP contribution in [0.5, 0.6) is 11.5 Å². The monoisotopic (exact) mass is 1190 g/mol. The van der Waals surface area contributed by atoms with Gasteiger partial charge in [-0.1, -0.05) is 91.0 Å². The van der Waals surface area contributed by atoms with Crippen molar-refractivity contribution in [3.63, 3.8) is 0 Å². The van der Waals surface area contributed by atoms with E-state index in [1.54, 1.807) is 64.9 Å². The molecule has 0 saturated carbocycles. The quantitative estimate of drug-likeness (QED) is 0.110. The fourth-order valence-corrected chi connectivity index (χ4v) is 11.6. The first-order valence-corrected chi connectivity index (χ1v) is 30.3. The van der Waals surface area contributed by atoms with Crippen molar-refractivity contribution in [1.29, 1.82) is 0 Å². The summed E-state index contributed by atoms with van der Waals surface area (Å²) in [4.78, 5) is 102. The molecule has 5 aromatic carbocycles. The van der Waals surface area contributed by atoms with Crippen molar-refractivity contribution in [1.82, 2.24) is 24.9 Å². The highest BCUT2D eigenvalue weighted by Gasteiger charge is 2.47. The lowest BCUT2D eigenvalue weighted by atomic mass is 9.85. The molecule has 0 unspecified atom stereocenters. The summed E-state index contributed by atoms with van der Waals surface area (Å²) in [5, 5.41) is 2.75. The fourth-order valence-electron chi connectivity index (χ4n) is 11.6. The molecule has 2 saturated heterocycles. The molecule has 5 aromatic rings. The van der Waals surface area contributed by atoms with E-state index in [-0.39, 0.29) is 79.9 Å². The summed E-state index contributed by atoms with van der Waals surface area (Å²) in [6.45, 7) is 24.7. The van der Waals surface area contributed by atoms with Gasteiger partial charge in [-0.05, 0) is 151 Å². The van der Waals surface area contributed by atoms with Crippen LogP contribution in [0, 0.1) is 0 Å². The molecule has 4 aliphatic heterocycles. The number of fused-ring (bicyclic) bond motifs is 2. The summed E-state index contributed by atoms with van der Waals surface area (Å²) in [5.41, 5.74) is 0.783. The minimum atomic E-state index is -1.34. The van der Waals surface area contributed by atoms with Crippen molar-refractivity contribution >= 4 is 47.5 Å². The molecular weight excluding hydrogens is 1100 g/mol. The zero-order valence-corrected chi connectivity index (χ0v) is 52.6. The highest BCUT2D eigenvalue weighted by Crippen LogP contribution is 2.43. The van der Waals surface area contributed by atoms with E-state index < -0.39 is 34.6 Å². The molecule has 9 rings (SSSR count). The summed E-state index contributed by atoms with van der Waals surface area (Å²) in [6, 6.07) is 38.0. The maximum Gasteiger partial charge on any atom is 0.410 e. The van der Waals surface area contributed by atoms with Crippen molar-refractivity contribution in [2.75, 3.05) is 44.2 Å². The third kappa shape index (κ3) is 15.6. The van der Waals surface area contributed by atoms with Crippen molar-refractivity contribution in [3.05, 3.63) is 161 Å². The van der Waals surface area contributed by atoms with E-state index in [0.717, 1.165) is 36.8 Å². The molecular formula is C69H86N6O12. The second kappa shape index (κ2) is 27.1. The summed E-state index contributed by atoms with van der Waals surface area (Å²) < 4.78 is 29.2.